The first-order valence-electron chi connectivity index (χ1n) is 5.79. The minimum atomic E-state index is 0.348. The van der Waals surface area contributed by atoms with E-state index in [1.807, 2.05) is 0 Å². The number of rotatable bonds is 2. The Morgan fingerprint density at radius 2 is 2.07 bits per heavy atom. The first-order chi connectivity index (χ1) is 7.33. The van der Waals surface area contributed by atoms with Crippen molar-refractivity contribution in [3.63, 3.8) is 0 Å². The molecule has 2 aliphatic rings. The average Bonchev–Trinajstić information content (AvgIpc) is 3.01. The van der Waals surface area contributed by atoms with Crippen molar-refractivity contribution < 1.29 is 0 Å². The smallest absolute Gasteiger partial charge is 0.0153 e. The summed E-state index contributed by atoms with van der Waals surface area (Å²) in [6.45, 7) is 3.07. The van der Waals surface area contributed by atoms with E-state index in [2.05, 4.69) is 35.6 Å². The van der Waals surface area contributed by atoms with E-state index in [-0.39, 0.29) is 0 Å². The Balaban J connectivity index is 1.99. The number of hydrogen-bond donors (Lipinski definition) is 2. The summed E-state index contributed by atoms with van der Waals surface area (Å²) in [4.78, 5) is 0. The molecule has 1 aromatic rings. The molecule has 1 heterocycles. The minimum absolute atomic E-state index is 0.348. The SMILES string of the molecule is NC[C@@]12CCNC[C@]1(c1ccccc1)C2. The Morgan fingerprint density at radius 1 is 1.27 bits per heavy atom. The maximum atomic E-state index is 5.97. The maximum absolute atomic E-state index is 5.97. The van der Waals surface area contributed by atoms with Crippen LogP contribution in [-0.4, -0.2) is 19.6 Å². The Morgan fingerprint density at radius 3 is 2.80 bits per heavy atom. The zero-order chi connectivity index (χ0) is 10.4. The van der Waals surface area contributed by atoms with Gasteiger partial charge in [0.15, 0.2) is 0 Å². The van der Waals surface area contributed by atoms with Crippen molar-refractivity contribution in [1.82, 2.24) is 5.32 Å². The molecular formula is C13H18N2. The highest BCUT2D eigenvalue weighted by Gasteiger charge is 2.67. The second-order valence-corrected chi connectivity index (χ2v) is 5.04. The summed E-state index contributed by atoms with van der Waals surface area (Å²) in [7, 11) is 0. The van der Waals surface area contributed by atoms with Gasteiger partial charge in [-0.15, -0.1) is 0 Å². The molecule has 1 aromatic carbocycles. The molecule has 3 rings (SSSR count). The van der Waals surface area contributed by atoms with Crippen LogP contribution in [0.25, 0.3) is 0 Å². The van der Waals surface area contributed by atoms with Crippen molar-refractivity contribution in [3.05, 3.63) is 35.9 Å². The standard InChI is InChI=1S/C13H18N2/c14-9-12-6-7-15-10-13(12,8-12)11-4-2-1-3-5-11/h1-5,15H,6-10,14H2/t12-,13-/m0/s1. The van der Waals surface area contributed by atoms with Gasteiger partial charge in [0, 0.05) is 12.0 Å². The van der Waals surface area contributed by atoms with Crippen molar-refractivity contribution in [1.29, 1.82) is 0 Å². The maximum Gasteiger partial charge on any atom is 0.0153 e. The van der Waals surface area contributed by atoms with Gasteiger partial charge in [-0.2, -0.15) is 0 Å². The fraction of sp³-hybridized carbons (Fsp3) is 0.538. The Kier molecular flexibility index (Phi) is 1.91. The van der Waals surface area contributed by atoms with Crippen molar-refractivity contribution in [2.75, 3.05) is 19.6 Å². The molecule has 0 radical (unpaired) electrons. The quantitative estimate of drug-likeness (QED) is 0.758. The van der Waals surface area contributed by atoms with Crippen LogP contribution in [0, 0.1) is 5.41 Å². The Bertz CT molecular complexity index is 362. The van der Waals surface area contributed by atoms with Gasteiger partial charge in [0.2, 0.25) is 0 Å². The van der Waals surface area contributed by atoms with E-state index in [4.69, 9.17) is 5.73 Å². The molecule has 2 heteroatoms. The van der Waals surface area contributed by atoms with Crippen LogP contribution < -0.4 is 11.1 Å². The number of hydrogen-bond acceptors (Lipinski definition) is 2. The third-order valence-corrected chi connectivity index (χ3v) is 4.45. The molecule has 0 aromatic heterocycles. The molecule has 80 valence electrons. The van der Waals surface area contributed by atoms with Gasteiger partial charge in [-0.05, 0) is 36.9 Å². The predicted octanol–water partition coefficient (Wildman–Crippen LogP) is 1.27. The van der Waals surface area contributed by atoms with Crippen molar-refractivity contribution >= 4 is 0 Å². The molecule has 1 aliphatic carbocycles. The van der Waals surface area contributed by atoms with E-state index in [9.17, 15) is 0 Å². The van der Waals surface area contributed by atoms with Crippen LogP contribution in [-0.2, 0) is 5.41 Å². The number of fused-ring (bicyclic) bond motifs is 1. The summed E-state index contributed by atoms with van der Waals surface area (Å²) < 4.78 is 0. The van der Waals surface area contributed by atoms with Crippen LogP contribution in [0.1, 0.15) is 18.4 Å². The third kappa shape index (κ3) is 1.12. The van der Waals surface area contributed by atoms with Gasteiger partial charge in [0.25, 0.3) is 0 Å². The second-order valence-electron chi connectivity index (χ2n) is 5.04. The predicted molar refractivity (Wildman–Crippen MR) is 61.7 cm³/mol. The lowest BCUT2D eigenvalue weighted by Crippen LogP contribution is -2.42. The van der Waals surface area contributed by atoms with Crippen molar-refractivity contribution in [3.8, 4) is 0 Å². The normalized spacial score (nSPS) is 38.5. The van der Waals surface area contributed by atoms with Gasteiger partial charge < -0.3 is 11.1 Å². The Hall–Kier alpha value is -0.860. The summed E-state index contributed by atoms with van der Waals surface area (Å²) in [5, 5.41) is 3.52. The van der Waals surface area contributed by atoms with Crippen LogP contribution in [0.15, 0.2) is 30.3 Å². The summed E-state index contributed by atoms with van der Waals surface area (Å²) in [6.07, 6.45) is 2.51. The van der Waals surface area contributed by atoms with E-state index < -0.39 is 0 Å². The summed E-state index contributed by atoms with van der Waals surface area (Å²) >= 11 is 0. The lowest BCUT2D eigenvalue weighted by molar-refractivity contribution is 0.326. The molecule has 3 N–H and O–H groups in total. The molecule has 1 saturated heterocycles. The number of nitrogens with two attached hydrogens (primary N) is 1. The van der Waals surface area contributed by atoms with E-state index in [0.29, 0.717) is 10.8 Å². The first kappa shape index (κ1) is 9.37. The van der Waals surface area contributed by atoms with Crippen LogP contribution in [0.2, 0.25) is 0 Å². The number of nitrogens with one attached hydrogen (secondary N) is 1. The first-order valence-corrected chi connectivity index (χ1v) is 5.79. The van der Waals surface area contributed by atoms with Crippen LogP contribution in [0.5, 0.6) is 0 Å². The van der Waals surface area contributed by atoms with Gasteiger partial charge in [-0.1, -0.05) is 30.3 Å². The van der Waals surface area contributed by atoms with E-state index in [0.717, 1.165) is 19.6 Å². The van der Waals surface area contributed by atoms with Crippen LogP contribution >= 0.6 is 0 Å². The number of benzene rings is 1. The highest BCUT2D eigenvalue weighted by atomic mass is 15.0. The van der Waals surface area contributed by atoms with Crippen LogP contribution in [0.3, 0.4) is 0 Å². The Labute approximate surface area is 90.9 Å². The lowest BCUT2D eigenvalue weighted by atomic mass is 9.81. The zero-order valence-corrected chi connectivity index (χ0v) is 9.00. The van der Waals surface area contributed by atoms with Crippen molar-refractivity contribution in [2.24, 2.45) is 11.1 Å². The number of piperidine rings is 1. The van der Waals surface area contributed by atoms with Gasteiger partial charge in [0.05, 0.1) is 0 Å². The highest BCUT2D eigenvalue weighted by molar-refractivity contribution is 5.40. The molecule has 15 heavy (non-hydrogen) atoms. The highest BCUT2D eigenvalue weighted by Crippen LogP contribution is 2.66. The summed E-state index contributed by atoms with van der Waals surface area (Å²) in [6, 6.07) is 10.9. The van der Waals surface area contributed by atoms with Crippen LogP contribution in [0.4, 0.5) is 0 Å². The second kappa shape index (κ2) is 3.06. The molecule has 0 amide bonds. The van der Waals surface area contributed by atoms with Gasteiger partial charge in [-0.25, -0.2) is 0 Å². The van der Waals surface area contributed by atoms with E-state index in [1.54, 1.807) is 0 Å². The minimum Gasteiger partial charge on any atom is -0.330 e. The largest absolute Gasteiger partial charge is 0.330 e. The molecule has 0 unspecified atom stereocenters. The topological polar surface area (TPSA) is 38.0 Å². The fourth-order valence-corrected chi connectivity index (χ4v) is 3.38. The van der Waals surface area contributed by atoms with Crippen molar-refractivity contribution in [2.45, 2.75) is 18.3 Å². The fourth-order valence-electron chi connectivity index (χ4n) is 3.38. The lowest BCUT2D eigenvalue weighted by Gasteiger charge is -2.30. The molecule has 0 spiro atoms. The molecule has 1 saturated carbocycles. The molecular weight excluding hydrogens is 184 g/mol. The zero-order valence-electron chi connectivity index (χ0n) is 9.00. The molecule has 2 fully saturated rings. The van der Waals surface area contributed by atoms with E-state index in [1.165, 1.54) is 18.4 Å². The molecule has 0 bridgehead atoms. The summed E-state index contributed by atoms with van der Waals surface area (Å²) in [5.41, 5.74) is 8.20. The molecule has 2 nitrogen and oxygen atoms in total. The third-order valence-electron chi connectivity index (χ3n) is 4.45. The monoisotopic (exact) mass is 202 g/mol. The summed E-state index contributed by atoms with van der Waals surface area (Å²) in [5.74, 6) is 0. The van der Waals surface area contributed by atoms with Gasteiger partial charge in [-0.3, -0.25) is 0 Å². The van der Waals surface area contributed by atoms with E-state index >= 15 is 0 Å². The van der Waals surface area contributed by atoms with Gasteiger partial charge in [0.1, 0.15) is 0 Å². The molecule has 2 atom stereocenters. The van der Waals surface area contributed by atoms with Gasteiger partial charge >= 0.3 is 0 Å². The average molecular weight is 202 g/mol. The molecule has 1 aliphatic heterocycles.